The Labute approximate surface area is 107 Å². The van der Waals surface area contributed by atoms with Crippen LogP contribution in [0.15, 0.2) is 8.68 Å². The first-order valence-electron chi connectivity index (χ1n) is 5.02. The van der Waals surface area contributed by atoms with Crippen LogP contribution in [0.5, 0.6) is 0 Å². The average Bonchev–Trinajstić information content (AvgIpc) is 2.76. The van der Waals surface area contributed by atoms with E-state index in [9.17, 15) is 4.79 Å². The first-order chi connectivity index (χ1) is 7.69. The van der Waals surface area contributed by atoms with E-state index in [2.05, 4.69) is 17.1 Å². The second-order valence-corrected chi connectivity index (χ2v) is 7.30. The monoisotopic (exact) mass is 276 g/mol. The van der Waals surface area contributed by atoms with Crippen molar-refractivity contribution in [1.82, 2.24) is 10.2 Å². The van der Waals surface area contributed by atoms with E-state index in [0.29, 0.717) is 0 Å². The van der Waals surface area contributed by atoms with Gasteiger partial charge in [-0.1, -0.05) is 41.8 Å². The Morgan fingerprint density at radius 1 is 1.50 bits per heavy atom. The third kappa shape index (κ3) is 2.89. The number of esters is 1. The highest BCUT2D eigenvalue weighted by Crippen LogP contribution is 2.35. The number of ether oxygens (including phenoxy) is 1. The molecule has 4 nitrogen and oxygen atoms in total. The summed E-state index contributed by atoms with van der Waals surface area (Å²) < 4.78 is 6.91. The zero-order chi connectivity index (χ0) is 11.5. The molecule has 1 aliphatic rings. The Morgan fingerprint density at radius 2 is 2.25 bits per heavy atom. The molecule has 16 heavy (non-hydrogen) atoms. The minimum atomic E-state index is -0.127. The lowest BCUT2D eigenvalue weighted by Gasteiger charge is -1.99. The van der Waals surface area contributed by atoms with Crippen molar-refractivity contribution in [2.24, 2.45) is 0 Å². The predicted molar refractivity (Wildman–Crippen MR) is 66.1 cm³/mol. The van der Waals surface area contributed by atoms with Crippen LogP contribution in [0.25, 0.3) is 0 Å². The number of hydrogen-bond acceptors (Lipinski definition) is 7. The lowest BCUT2D eigenvalue weighted by molar-refractivity contribution is -0.140. The van der Waals surface area contributed by atoms with Gasteiger partial charge in [0.15, 0.2) is 8.68 Å². The van der Waals surface area contributed by atoms with Gasteiger partial charge in [-0.2, -0.15) is 0 Å². The Balaban J connectivity index is 1.95. The van der Waals surface area contributed by atoms with Gasteiger partial charge in [0.2, 0.25) is 0 Å². The van der Waals surface area contributed by atoms with E-state index in [4.69, 9.17) is 4.74 Å². The maximum absolute atomic E-state index is 11.4. The topological polar surface area (TPSA) is 52.1 Å². The SMILES string of the molecule is CCSc1nnc(SC2CC(C)OC2=O)s1. The second-order valence-electron chi connectivity index (χ2n) is 3.36. The molecule has 88 valence electrons. The molecule has 2 rings (SSSR count). The number of aromatic nitrogens is 2. The molecule has 1 fully saturated rings. The van der Waals surface area contributed by atoms with E-state index >= 15 is 0 Å². The minimum absolute atomic E-state index is 0.0300. The van der Waals surface area contributed by atoms with Crippen molar-refractivity contribution in [3.63, 3.8) is 0 Å². The molecule has 7 heteroatoms. The average molecular weight is 276 g/mol. The van der Waals surface area contributed by atoms with Crippen molar-refractivity contribution < 1.29 is 9.53 Å². The normalized spacial score (nSPS) is 24.8. The molecule has 0 spiro atoms. The molecule has 1 aromatic rings. The summed E-state index contributed by atoms with van der Waals surface area (Å²) >= 11 is 4.68. The molecule has 0 saturated carbocycles. The summed E-state index contributed by atoms with van der Waals surface area (Å²) in [5.41, 5.74) is 0. The van der Waals surface area contributed by atoms with Crippen molar-refractivity contribution in [3.8, 4) is 0 Å². The highest BCUT2D eigenvalue weighted by Gasteiger charge is 2.33. The Bertz CT molecular complexity index is 383. The van der Waals surface area contributed by atoms with Crippen molar-refractivity contribution in [3.05, 3.63) is 0 Å². The maximum Gasteiger partial charge on any atom is 0.319 e. The Morgan fingerprint density at radius 3 is 2.88 bits per heavy atom. The molecular formula is C9H12N2O2S3. The van der Waals surface area contributed by atoms with Gasteiger partial charge < -0.3 is 4.74 Å². The molecule has 2 atom stereocenters. The molecule has 0 aromatic carbocycles. The van der Waals surface area contributed by atoms with E-state index in [1.54, 1.807) is 23.1 Å². The number of cyclic esters (lactones) is 1. The zero-order valence-corrected chi connectivity index (χ0v) is 11.5. The number of thioether (sulfide) groups is 2. The van der Waals surface area contributed by atoms with Crippen LogP contribution >= 0.6 is 34.9 Å². The number of nitrogens with zero attached hydrogens (tertiary/aromatic N) is 2. The van der Waals surface area contributed by atoms with Crippen LogP contribution in [-0.4, -0.2) is 33.3 Å². The minimum Gasteiger partial charge on any atom is -0.462 e. The first-order valence-corrected chi connectivity index (χ1v) is 7.70. The second kappa shape index (κ2) is 5.37. The number of carbonyl (C=O) groups excluding carboxylic acids is 1. The summed E-state index contributed by atoms with van der Waals surface area (Å²) in [7, 11) is 0. The zero-order valence-electron chi connectivity index (χ0n) is 9.00. The fourth-order valence-corrected chi connectivity index (χ4v) is 4.64. The molecule has 1 aromatic heterocycles. The highest BCUT2D eigenvalue weighted by atomic mass is 32.2. The van der Waals surface area contributed by atoms with Crippen LogP contribution in [0, 0.1) is 0 Å². The summed E-state index contributed by atoms with van der Waals surface area (Å²) in [5.74, 6) is 0.860. The smallest absolute Gasteiger partial charge is 0.319 e. The highest BCUT2D eigenvalue weighted by molar-refractivity contribution is 8.03. The van der Waals surface area contributed by atoms with Gasteiger partial charge in [0.25, 0.3) is 0 Å². The molecule has 0 N–H and O–H groups in total. The van der Waals surface area contributed by atoms with E-state index in [1.807, 2.05) is 6.92 Å². The molecule has 1 saturated heterocycles. The van der Waals surface area contributed by atoms with Crippen molar-refractivity contribution in [2.75, 3.05) is 5.75 Å². The maximum atomic E-state index is 11.4. The summed E-state index contributed by atoms with van der Waals surface area (Å²) in [4.78, 5) is 11.4. The van der Waals surface area contributed by atoms with E-state index in [0.717, 1.165) is 20.9 Å². The van der Waals surface area contributed by atoms with Crippen molar-refractivity contribution in [1.29, 1.82) is 0 Å². The third-order valence-electron chi connectivity index (χ3n) is 2.03. The van der Waals surface area contributed by atoms with Crippen LogP contribution in [-0.2, 0) is 9.53 Å². The van der Waals surface area contributed by atoms with Crippen molar-refractivity contribution >= 4 is 40.8 Å². The lowest BCUT2D eigenvalue weighted by Crippen LogP contribution is -2.08. The van der Waals surface area contributed by atoms with Gasteiger partial charge in [-0.25, -0.2) is 0 Å². The third-order valence-corrected chi connectivity index (χ3v) is 5.25. The number of hydrogen-bond donors (Lipinski definition) is 0. The summed E-state index contributed by atoms with van der Waals surface area (Å²) in [6.07, 6.45) is 0.793. The number of carbonyl (C=O) groups is 1. The molecule has 0 bridgehead atoms. The lowest BCUT2D eigenvalue weighted by atomic mass is 10.3. The van der Waals surface area contributed by atoms with Crippen LogP contribution in [0.1, 0.15) is 20.3 Å². The first kappa shape index (κ1) is 12.2. The quantitative estimate of drug-likeness (QED) is 0.622. The van der Waals surface area contributed by atoms with Crippen LogP contribution in [0.4, 0.5) is 0 Å². The summed E-state index contributed by atoms with van der Waals surface area (Å²) in [6.45, 7) is 3.99. The molecule has 0 amide bonds. The standard InChI is InChI=1S/C9H12N2O2S3/c1-3-14-8-10-11-9(16-8)15-6-4-5(2)13-7(6)12/h5-6H,3-4H2,1-2H3. The van der Waals surface area contributed by atoms with Crippen LogP contribution < -0.4 is 0 Å². The Kier molecular flexibility index (Phi) is 4.10. The van der Waals surface area contributed by atoms with Crippen LogP contribution in [0.3, 0.4) is 0 Å². The number of rotatable bonds is 4. The molecular weight excluding hydrogens is 264 g/mol. The molecule has 2 heterocycles. The summed E-state index contributed by atoms with van der Waals surface area (Å²) in [5, 5.41) is 8.00. The van der Waals surface area contributed by atoms with E-state index in [-0.39, 0.29) is 17.3 Å². The van der Waals surface area contributed by atoms with Gasteiger partial charge in [-0.3, -0.25) is 4.79 Å². The molecule has 2 unspecified atom stereocenters. The molecule has 0 radical (unpaired) electrons. The van der Waals surface area contributed by atoms with Gasteiger partial charge in [-0.05, 0) is 12.7 Å². The van der Waals surface area contributed by atoms with Gasteiger partial charge in [-0.15, -0.1) is 10.2 Å². The van der Waals surface area contributed by atoms with Crippen molar-refractivity contribution in [2.45, 2.75) is 40.3 Å². The van der Waals surface area contributed by atoms with E-state index in [1.165, 1.54) is 11.8 Å². The van der Waals surface area contributed by atoms with Crippen LogP contribution in [0.2, 0.25) is 0 Å². The Hall–Kier alpha value is -0.270. The molecule has 0 aliphatic carbocycles. The fourth-order valence-electron chi connectivity index (χ4n) is 1.36. The van der Waals surface area contributed by atoms with Gasteiger partial charge >= 0.3 is 5.97 Å². The van der Waals surface area contributed by atoms with Gasteiger partial charge in [0, 0.05) is 6.42 Å². The molecule has 1 aliphatic heterocycles. The van der Waals surface area contributed by atoms with Gasteiger partial charge in [0.05, 0.1) is 0 Å². The largest absolute Gasteiger partial charge is 0.462 e. The van der Waals surface area contributed by atoms with E-state index < -0.39 is 0 Å². The predicted octanol–water partition coefficient (Wildman–Crippen LogP) is 2.45. The summed E-state index contributed by atoms with van der Waals surface area (Å²) in [6, 6.07) is 0. The fraction of sp³-hybridized carbons (Fsp3) is 0.667. The van der Waals surface area contributed by atoms with Gasteiger partial charge in [0.1, 0.15) is 11.4 Å².